The van der Waals surface area contributed by atoms with E-state index in [0.717, 1.165) is 73.7 Å². The van der Waals surface area contributed by atoms with Crippen molar-refractivity contribution in [3.05, 3.63) is 53.1 Å². The molecule has 2 saturated carbocycles. The molecule has 0 bridgehead atoms. The first-order chi connectivity index (χ1) is 16.6. The van der Waals surface area contributed by atoms with Gasteiger partial charge in [-0.05, 0) is 131 Å². The third-order valence-corrected chi connectivity index (χ3v) is 9.44. The largest absolute Gasteiger partial charge is 0.203 e. The summed E-state index contributed by atoms with van der Waals surface area (Å²) in [5.41, 5.74) is 2.07. The summed E-state index contributed by atoms with van der Waals surface area (Å²) < 4.78 is 29.5. The molecule has 34 heavy (non-hydrogen) atoms. The van der Waals surface area contributed by atoms with Gasteiger partial charge in [-0.3, -0.25) is 0 Å². The van der Waals surface area contributed by atoms with Crippen LogP contribution in [0.4, 0.5) is 8.78 Å². The molecule has 0 aliphatic heterocycles. The Balaban J connectivity index is 1.27. The lowest BCUT2D eigenvalue weighted by Crippen LogP contribution is -2.28. The lowest BCUT2D eigenvalue weighted by molar-refractivity contribution is 0.128. The van der Waals surface area contributed by atoms with E-state index in [-0.39, 0.29) is 0 Å². The van der Waals surface area contributed by atoms with Crippen molar-refractivity contribution in [1.82, 2.24) is 0 Å². The minimum absolute atomic E-state index is 0.507. The zero-order valence-electron chi connectivity index (χ0n) is 21.6. The van der Waals surface area contributed by atoms with Crippen LogP contribution in [-0.2, 0) is 6.42 Å². The molecule has 1 aromatic rings. The highest BCUT2D eigenvalue weighted by Crippen LogP contribution is 2.46. The van der Waals surface area contributed by atoms with Crippen LogP contribution in [-0.4, -0.2) is 0 Å². The summed E-state index contributed by atoms with van der Waals surface area (Å²) in [6.45, 7) is 4.28. The van der Waals surface area contributed by atoms with Crippen molar-refractivity contribution in [3.63, 3.8) is 0 Å². The van der Waals surface area contributed by atoms with Crippen LogP contribution < -0.4 is 0 Å². The Hall–Kier alpha value is -1.44. The predicted molar refractivity (Wildman–Crippen MR) is 141 cm³/mol. The summed E-state index contributed by atoms with van der Waals surface area (Å²) in [5.74, 6) is 3.07. The van der Waals surface area contributed by atoms with E-state index in [1.807, 2.05) is 12.1 Å². The molecule has 0 N–H and O–H groups in total. The molecule has 0 heterocycles. The molecule has 1 aromatic carbocycles. The SMILES string of the molecule is C/C=C/C1CCC(C2CCC(C3CC=C(c4ccc(CCCCC)c(F)c4F)CC3)CC2)CC1. The number of unbranched alkanes of at least 4 members (excludes halogenated alkanes) is 2. The van der Waals surface area contributed by atoms with Crippen molar-refractivity contribution in [2.75, 3.05) is 0 Å². The van der Waals surface area contributed by atoms with E-state index in [2.05, 4.69) is 32.1 Å². The van der Waals surface area contributed by atoms with Crippen LogP contribution in [0.25, 0.3) is 5.57 Å². The predicted octanol–water partition coefficient (Wildman–Crippen LogP) is 10.1. The highest BCUT2D eigenvalue weighted by atomic mass is 19.2. The molecule has 2 fully saturated rings. The van der Waals surface area contributed by atoms with Gasteiger partial charge in [0, 0.05) is 5.56 Å². The van der Waals surface area contributed by atoms with Gasteiger partial charge < -0.3 is 0 Å². The first-order valence-electron chi connectivity index (χ1n) is 14.4. The molecular formula is C32H46F2. The van der Waals surface area contributed by atoms with Gasteiger partial charge in [0.2, 0.25) is 0 Å². The number of aryl methyl sites for hydroxylation is 1. The molecule has 1 atom stereocenters. The third kappa shape index (κ3) is 6.21. The first kappa shape index (κ1) is 25.6. The van der Waals surface area contributed by atoms with Crippen molar-refractivity contribution < 1.29 is 8.78 Å². The zero-order valence-corrected chi connectivity index (χ0v) is 21.6. The van der Waals surface area contributed by atoms with E-state index in [1.165, 1.54) is 51.4 Å². The lowest BCUT2D eigenvalue weighted by Gasteiger charge is -2.40. The van der Waals surface area contributed by atoms with Gasteiger partial charge in [0.05, 0.1) is 0 Å². The number of benzene rings is 1. The summed E-state index contributed by atoms with van der Waals surface area (Å²) in [6, 6.07) is 3.66. The van der Waals surface area contributed by atoms with Gasteiger partial charge in [-0.2, -0.15) is 0 Å². The number of allylic oxidation sites excluding steroid dienone is 4. The Morgan fingerprint density at radius 3 is 2.03 bits per heavy atom. The highest BCUT2D eigenvalue weighted by molar-refractivity contribution is 5.67. The summed E-state index contributed by atoms with van der Waals surface area (Å²) in [5, 5.41) is 0. The summed E-state index contributed by atoms with van der Waals surface area (Å²) in [6.07, 6.45) is 24.9. The number of halogens is 2. The quantitative estimate of drug-likeness (QED) is 0.263. The molecule has 0 nitrogen and oxygen atoms in total. The molecule has 0 aromatic heterocycles. The fraction of sp³-hybridized carbons (Fsp3) is 0.688. The van der Waals surface area contributed by atoms with Crippen LogP contribution in [0, 0.1) is 41.2 Å². The van der Waals surface area contributed by atoms with Gasteiger partial charge in [0.15, 0.2) is 11.6 Å². The van der Waals surface area contributed by atoms with Crippen molar-refractivity contribution in [2.24, 2.45) is 29.6 Å². The monoisotopic (exact) mass is 468 g/mol. The average molecular weight is 469 g/mol. The van der Waals surface area contributed by atoms with Crippen molar-refractivity contribution in [1.29, 1.82) is 0 Å². The summed E-state index contributed by atoms with van der Waals surface area (Å²) in [4.78, 5) is 0. The highest BCUT2D eigenvalue weighted by Gasteiger charge is 2.33. The minimum atomic E-state index is -0.622. The van der Waals surface area contributed by atoms with Crippen LogP contribution in [0.1, 0.15) is 115 Å². The maximum absolute atomic E-state index is 14.9. The Morgan fingerprint density at radius 1 is 0.794 bits per heavy atom. The average Bonchev–Trinajstić information content (AvgIpc) is 2.88. The van der Waals surface area contributed by atoms with Gasteiger partial charge in [-0.25, -0.2) is 8.78 Å². The summed E-state index contributed by atoms with van der Waals surface area (Å²) in [7, 11) is 0. The van der Waals surface area contributed by atoms with E-state index in [9.17, 15) is 8.78 Å². The van der Waals surface area contributed by atoms with E-state index in [0.29, 0.717) is 17.5 Å². The van der Waals surface area contributed by atoms with Gasteiger partial charge in [0.25, 0.3) is 0 Å². The molecule has 0 saturated heterocycles. The molecule has 2 heteroatoms. The Morgan fingerprint density at radius 2 is 1.44 bits per heavy atom. The van der Waals surface area contributed by atoms with Crippen LogP contribution in [0.3, 0.4) is 0 Å². The summed E-state index contributed by atoms with van der Waals surface area (Å²) >= 11 is 0. The third-order valence-electron chi connectivity index (χ3n) is 9.44. The molecule has 1 unspecified atom stereocenters. The topological polar surface area (TPSA) is 0 Å². The van der Waals surface area contributed by atoms with E-state index in [1.54, 1.807) is 0 Å². The maximum Gasteiger partial charge on any atom is 0.166 e. The van der Waals surface area contributed by atoms with E-state index < -0.39 is 11.6 Å². The first-order valence-corrected chi connectivity index (χ1v) is 14.4. The lowest BCUT2D eigenvalue weighted by atomic mass is 9.66. The number of rotatable bonds is 8. The van der Waals surface area contributed by atoms with E-state index >= 15 is 0 Å². The Bertz CT molecular complexity index is 835. The molecule has 0 spiro atoms. The second-order valence-electron chi connectivity index (χ2n) is 11.5. The van der Waals surface area contributed by atoms with Gasteiger partial charge in [0.1, 0.15) is 0 Å². The van der Waals surface area contributed by atoms with Crippen molar-refractivity contribution in [3.8, 4) is 0 Å². The molecule has 3 aliphatic rings. The smallest absolute Gasteiger partial charge is 0.166 e. The minimum Gasteiger partial charge on any atom is -0.203 e. The number of hydrogen-bond donors (Lipinski definition) is 0. The van der Waals surface area contributed by atoms with Crippen LogP contribution in [0.2, 0.25) is 0 Å². The normalized spacial score (nSPS) is 30.5. The van der Waals surface area contributed by atoms with E-state index in [4.69, 9.17) is 0 Å². The van der Waals surface area contributed by atoms with Gasteiger partial charge in [-0.1, -0.05) is 50.1 Å². The molecule has 188 valence electrons. The van der Waals surface area contributed by atoms with Gasteiger partial charge in [-0.15, -0.1) is 0 Å². The maximum atomic E-state index is 14.9. The fourth-order valence-electron chi connectivity index (χ4n) is 7.29. The van der Waals surface area contributed by atoms with Crippen LogP contribution in [0.5, 0.6) is 0 Å². The zero-order chi connectivity index (χ0) is 23.9. The molecule has 3 aliphatic carbocycles. The number of hydrogen-bond acceptors (Lipinski definition) is 0. The van der Waals surface area contributed by atoms with Crippen molar-refractivity contribution >= 4 is 5.57 Å². The van der Waals surface area contributed by atoms with Crippen LogP contribution >= 0.6 is 0 Å². The molecule has 4 rings (SSSR count). The van der Waals surface area contributed by atoms with Crippen molar-refractivity contribution in [2.45, 2.75) is 110 Å². The Kier molecular flexibility index (Phi) is 9.43. The van der Waals surface area contributed by atoms with Crippen LogP contribution in [0.15, 0.2) is 30.4 Å². The second-order valence-corrected chi connectivity index (χ2v) is 11.5. The standard InChI is InChI=1S/C32H46F2/c1-3-5-6-8-29-21-22-30(32(34)31(29)33)28-19-17-27(18-20-28)26-15-13-25(14-16-26)24-11-9-23(7-4-2)10-12-24/h4,7,19,21-27H,3,5-6,8-18,20H2,1-2H3/b7-4+. The fourth-order valence-corrected chi connectivity index (χ4v) is 7.29. The molecule has 0 amide bonds. The second kappa shape index (κ2) is 12.5. The molecular weight excluding hydrogens is 422 g/mol. The van der Waals surface area contributed by atoms with Gasteiger partial charge >= 0.3 is 0 Å². The molecule has 0 radical (unpaired) electrons. The Labute approximate surface area is 207 Å².